The van der Waals surface area contributed by atoms with Gasteiger partial charge in [-0.05, 0) is 60.4 Å². The van der Waals surface area contributed by atoms with E-state index in [2.05, 4.69) is 34.4 Å². The highest BCUT2D eigenvalue weighted by Crippen LogP contribution is 2.65. The summed E-state index contributed by atoms with van der Waals surface area (Å²) in [6, 6.07) is 13.1. The first-order valence-corrected chi connectivity index (χ1v) is 15.4. The van der Waals surface area contributed by atoms with Crippen molar-refractivity contribution in [3.8, 4) is 5.75 Å². The van der Waals surface area contributed by atoms with Gasteiger partial charge < -0.3 is 25.3 Å². The summed E-state index contributed by atoms with van der Waals surface area (Å²) in [4.78, 5) is 63.8. The third-order valence-corrected chi connectivity index (χ3v) is 10.7. The SMILES string of the molecule is COc1cccc2[nH]c(C(=O)N3C[C@H]4[C@@H]([C@H]3C(=O)N[C@@H](C[C@@H]3CCNC3=O)C(=O)c3nc5ccccc5s3)C4(C)C)cc12. The Morgan fingerprint density at radius 1 is 1.19 bits per heavy atom. The summed E-state index contributed by atoms with van der Waals surface area (Å²) in [6.07, 6.45) is 0.764. The quantitative estimate of drug-likeness (QED) is 0.264. The lowest BCUT2D eigenvalue weighted by molar-refractivity contribution is -0.127. The molecular weight excluding hydrogens is 566 g/mol. The van der Waals surface area contributed by atoms with Crippen LogP contribution in [0.2, 0.25) is 0 Å². The number of aromatic amines is 1. The highest BCUT2D eigenvalue weighted by Gasteiger charge is 2.69. The second kappa shape index (κ2) is 10.2. The van der Waals surface area contributed by atoms with E-state index in [9.17, 15) is 19.2 Å². The maximum Gasteiger partial charge on any atom is 0.271 e. The molecule has 7 rings (SSSR count). The van der Waals surface area contributed by atoms with Crippen LogP contribution in [0.15, 0.2) is 48.5 Å². The number of methoxy groups -OCH3 is 1. The highest BCUT2D eigenvalue weighted by atomic mass is 32.1. The number of H-pyrrole nitrogens is 1. The predicted molar refractivity (Wildman–Crippen MR) is 162 cm³/mol. The Labute approximate surface area is 252 Å². The Bertz CT molecular complexity index is 1760. The molecule has 3 aliphatic rings. The van der Waals surface area contributed by atoms with Crippen LogP contribution in [0.4, 0.5) is 0 Å². The minimum atomic E-state index is -0.947. The Morgan fingerprint density at radius 2 is 2.00 bits per heavy atom. The summed E-state index contributed by atoms with van der Waals surface area (Å²) >= 11 is 1.28. The number of thiazole rings is 1. The third-order valence-electron chi connectivity index (χ3n) is 9.63. The van der Waals surface area contributed by atoms with E-state index in [1.165, 1.54) is 11.3 Å². The van der Waals surface area contributed by atoms with Gasteiger partial charge in [-0.1, -0.05) is 32.0 Å². The molecule has 1 saturated carbocycles. The van der Waals surface area contributed by atoms with Gasteiger partial charge >= 0.3 is 0 Å². The van der Waals surface area contributed by atoms with Crippen molar-refractivity contribution >= 4 is 56.0 Å². The lowest BCUT2D eigenvalue weighted by atomic mass is 9.94. The number of carbonyl (C=O) groups excluding carboxylic acids is 4. The summed E-state index contributed by atoms with van der Waals surface area (Å²) < 4.78 is 6.34. The highest BCUT2D eigenvalue weighted by molar-refractivity contribution is 7.20. The van der Waals surface area contributed by atoms with E-state index in [0.717, 1.165) is 15.6 Å². The van der Waals surface area contributed by atoms with Crippen LogP contribution in [0.5, 0.6) is 5.75 Å². The largest absolute Gasteiger partial charge is 0.496 e. The maximum absolute atomic E-state index is 14.2. The van der Waals surface area contributed by atoms with Crippen molar-refractivity contribution in [2.24, 2.45) is 23.2 Å². The number of Topliss-reactive ketones (excluding diaryl/α,β-unsaturated/α-hetero) is 1. The standard InChI is InChI=1S/C32H33N5O5S/c1-32(2)18-15-37(31(41)22-14-17-19(34-22)8-6-9-23(17)42-3)26(25(18)32)29(40)35-21(13-16-11-12-33-28(16)39)27(38)30-36-20-7-4-5-10-24(20)43-30/h4-10,14,16,18,21,25-26,34H,11-13,15H2,1-3H3,(H,33,39)(H,35,40)/t16-,18-,21-,25-,26-/m0/s1. The Hall–Kier alpha value is -4.25. The minimum absolute atomic E-state index is 0.0386. The molecule has 3 fully saturated rings. The van der Waals surface area contributed by atoms with Gasteiger partial charge in [0, 0.05) is 29.9 Å². The number of para-hydroxylation sites is 1. The van der Waals surface area contributed by atoms with Crippen LogP contribution >= 0.6 is 11.3 Å². The lowest BCUT2D eigenvalue weighted by Crippen LogP contribution is -2.54. The van der Waals surface area contributed by atoms with Crippen molar-refractivity contribution in [1.82, 2.24) is 25.5 Å². The first-order chi connectivity index (χ1) is 20.7. The number of hydrogen-bond donors (Lipinski definition) is 3. The molecule has 222 valence electrons. The number of benzene rings is 2. The molecule has 3 N–H and O–H groups in total. The Morgan fingerprint density at radius 3 is 2.74 bits per heavy atom. The number of amides is 3. The predicted octanol–water partition coefficient (Wildman–Crippen LogP) is 3.78. The van der Waals surface area contributed by atoms with Crippen LogP contribution in [0.1, 0.15) is 47.0 Å². The van der Waals surface area contributed by atoms with Crippen LogP contribution in [-0.2, 0) is 9.59 Å². The number of aromatic nitrogens is 2. The second-order valence-corrected chi connectivity index (χ2v) is 13.4. The summed E-state index contributed by atoms with van der Waals surface area (Å²) in [7, 11) is 1.58. The number of piperidine rings is 1. The first kappa shape index (κ1) is 27.6. The number of carbonyl (C=O) groups is 4. The fourth-order valence-corrected chi connectivity index (χ4v) is 8.10. The zero-order valence-electron chi connectivity index (χ0n) is 24.2. The number of nitrogens with one attached hydrogen (secondary N) is 3. The number of likely N-dealkylation sites (tertiary alicyclic amines) is 1. The van der Waals surface area contributed by atoms with E-state index in [4.69, 9.17) is 4.74 Å². The topological polar surface area (TPSA) is 133 Å². The van der Waals surface area contributed by atoms with Crippen LogP contribution in [0, 0.1) is 23.2 Å². The molecule has 43 heavy (non-hydrogen) atoms. The van der Waals surface area contributed by atoms with Gasteiger partial charge in [0.25, 0.3) is 5.91 Å². The van der Waals surface area contributed by atoms with E-state index in [1.54, 1.807) is 18.1 Å². The first-order valence-electron chi connectivity index (χ1n) is 14.6. The van der Waals surface area contributed by atoms with Gasteiger partial charge in [0.15, 0.2) is 5.01 Å². The molecular formula is C32H33N5O5S. The van der Waals surface area contributed by atoms with Gasteiger partial charge in [0.05, 0.1) is 23.4 Å². The molecule has 0 radical (unpaired) electrons. The van der Waals surface area contributed by atoms with Gasteiger partial charge in [-0.2, -0.15) is 0 Å². The minimum Gasteiger partial charge on any atom is -0.496 e. The third kappa shape index (κ3) is 4.57. The Balaban J connectivity index is 1.18. The molecule has 4 aromatic rings. The molecule has 2 saturated heterocycles. The average Bonchev–Trinajstić information content (AvgIpc) is 3.64. The lowest BCUT2D eigenvalue weighted by Gasteiger charge is -2.31. The van der Waals surface area contributed by atoms with Crippen molar-refractivity contribution in [3.63, 3.8) is 0 Å². The van der Waals surface area contributed by atoms with Crippen molar-refractivity contribution in [3.05, 3.63) is 59.2 Å². The number of nitrogens with zero attached hydrogens (tertiary/aromatic N) is 2. The molecule has 0 unspecified atom stereocenters. The molecule has 4 heterocycles. The number of ether oxygens (including phenoxy) is 1. The van der Waals surface area contributed by atoms with E-state index in [-0.39, 0.29) is 47.2 Å². The maximum atomic E-state index is 14.2. The zero-order valence-corrected chi connectivity index (χ0v) is 25.0. The summed E-state index contributed by atoms with van der Waals surface area (Å²) in [5.74, 6) is -0.695. The fraction of sp³-hybridized carbons (Fsp3) is 0.406. The van der Waals surface area contributed by atoms with Crippen LogP contribution in [0.3, 0.4) is 0 Å². The molecule has 3 amide bonds. The van der Waals surface area contributed by atoms with Crippen molar-refractivity contribution in [1.29, 1.82) is 0 Å². The monoisotopic (exact) mass is 599 g/mol. The van der Waals surface area contributed by atoms with Crippen LogP contribution in [0.25, 0.3) is 21.1 Å². The van der Waals surface area contributed by atoms with Gasteiger partial charge in [-0.25, -0.2) is 4.98 Å². The summed E-state index contributed by atoms with van der Waals surface area (Å²) in [6.45, 7) is 5.22. The molecule has 11 heteroatoms. The van der Waals surface area contributed by atoms with Gasteiger partial charge in [-0.3, -0.25) is 19.2 Å². The van der Waals surface area contributed by atoms with Gasteiger partial charge in [0.2, 0.25) is 17.6 Å². The molecule has 0 bridgehead atoms. The number of ketones is 1. The number of hydrogen-bond acceptors (Lipinski definition) is 7. The van der Waals surface area contributed by atoms with E-state index in [0.29, 0.717) is 41.5 Å². The van der Waals surface area contributed by atoms with Crippen molar-refractivity contribution < 1.29 is 23.9 Å². The van der Waals surface area contributed by atoms with Gasteiger partial charge in [-0.15, -0.1) is 11.3 Å². The number of fused-ring (bicyclic) bond motifs is 3. The smallest absolute Gasteiger partial charge is 0.271 e. The van der Waals surface area contributed by atoms with Crippen LogP contribution in [-0.4, -0.2) is 70.7 Å². The molecule has 10 nitrogen and oxygen atoms in total. The van der Waals surface area contributed by atoms with Crippen LogP contribution < -0.4 is 15.4 Å². The normalized spacial score (nSPS) is 24.5. The summed E-state index contributed by atoms with van der Waals surface area (Å²) in [5.41, 5.74) is 1.75. The van der Waals surface area contributed by atoms with Crippen molar-refractivity contribution in [2.45, 2.75) is 38.8 Å². The molecule has 0 spiro atoms. The van der Waals surface area contributed by atoms with E-state index >= 15 is 0 Å². The van der Waals surface area contributed by atoms with Crippen molar-refractivity contribution in [2.75, 3.05) is 20.2 Å². The molecule has 2 aromatic carbocycles. The number of rotatable bonds is 8. The molecule has 2 aromatic heterocycles. The Kier molecular flexibility index (Phi) is 6.53. The summed E-state index contributed by atoms with van der Waals surface area (Å²) in [5, 5.41) is 6.91. The zero-order chi connectivity index (χ0) is 30.0. The molecule has 5 atom stereocenters. The fourth-order valence-electron chi connectivity index (χ4n) is 7.14. The molecule has 2 aliphatic heterocycles. The molecule has 1 aliphatic carbocycles. The van der Waals surface area contributed by atoms with Gasteiger partial charge in [0.1, 0.15) is 17.5 Å². The van der Waals surface area contributed by atoms with E-state index in [1.807, 2.05) is 42.5 Å². The average molecular weight is 600 g/mol. The van der Waals surface area contributed by atoms with E-state index < -0.39 is 18.0 Å². The second-order valence-electron chi connectivity index (χ2n) is 12.4.